The van der Waals surface area contributed by atoms with Gasteiger partial charge in [0.15, 0.2) is 0 Å². The number of pyridine rings is 1. The van der Waals surface area contributed by atoms with Crippen LogP contribution in [-0.4, -0.2) is 21.8 Å². The molecule has 6 nitrogen and oxygen atoms in total. The summed E-state index contributed by atoms with van der Waals surface area (Å²) < 4.78 is 5.79. The summed E-state index contributed by atoms with van der Waals surface area (Å²) in [6, 6.07) is 19.8. The molecule has 4 rings (SSSR count). The van der Waals surface area contributed by atoms with E-state index in [0.29, 0.717) is 5.82 Å². The molecule has 3 N–H and O–H groups in total. The van der Waals surface area contributed by atoms with E-state index in [2.05, 4.69) is 22.1 Å². The highest BCUT2D eigenvalue weighted by molar-refractivity contribution is 5.97. The van der Waals surface area contributed by atoms with E-state index in [-0.39, 0.29) is 0 Å². The fraction of sp³-hybridized carbons (Fsp3) is 0.182. The van der Waals surface area contributed by atoms with E-state index in [9.17, 15) is 0 Å². The number of fused-ring (bicyclic) bond motifs is 1. The average Bonchev–Trinajstić information content (AvgIpc) is 3.24. The second-order valence-corrected chi connectivity index (χ2v) is 6.57. The monoisotopic (exact) mass is 373 g/mol. The van der Waals surface area contributed by atoms with Crippen LogP contribution in [0.25, 0.3) is 10.8 Å². The fourth-order valence-corrected chi connectivity index (χ4v) is 3.15. The summed E-state index contributed by atoms with van der Waals surface area (Å²) in [4.78, 5) is 6.66. The largest absolute Gasteiger partial charge is 0.494 e. The smallest absolute Gasteiger partial charge is 0.149 e. The molecule has 0 atom stereocenters. The second-order valence-electron chi connectivity index (χ2n) is 6.57. The van der Waals surface area contributed by atoms with Crippen molar-refractivity contribution in [3.05, 3.63) is 66.9 Å². The summed E-state index contributed by atoms with van der Waals surface area (Å²) in [6.45, 7) is 2.87. The molecule has 0 radical (unpaired) electrons. The van der Waals surface area contributed by atoms with Crippen molar-refractivity contribution in [2.75, 3.05) is 17.2 Å². The Hall–Kier alpha value is -3.54. The maximum Gasteiger partial charge on any atom is 0.149 e. The minimum Gasteiger partial charge on any atom is -0.494 e. The van der Waals surface area contributed by atoms with Gasteiger partial charge in [-0.3, -0.25) is 10.00 Å². The molecule has 0 amide bonds. The highest BCUT2D eigenvalue weighted by Crippen LogP contribution is 2.37. The standard InChI is InChI=1S/C22H23N5O/c1-2-3-14-28-18-10-8-17(9-11-18)27(21-12-13-24-26-21)22-19-7-5-4-6-16(19)15-20(23)25-22/h4-13,15H,2-3,14H2,1H3,(H2,23,25)(H,24,26). The molecule has 142 valence electrons. The highest BCUT2D eigenvalue weighted by Gasteiger charge is 2.18. The van der Waals surface area contributed by atoms with Gasteiger partial charge in [0, 0.05) is 17.1 Å². The van der Waals surface area contributed by atoms with Crippen LogP contribution in [0.4, 0.5) is 23.1 Å². The molecule has 0 bridgehead atoms. The lowest BCUT2D eigenvalue weighted by Crippen LogP contribution is -2.13. The molecular weight excluding hydrogens is 350 g/mol. The van der Waals surface area contributed by atoms with Crippen LogP contribution in [0.2, 0.25) is 0 Å². The first kappa shape index (κ1) is 17.9. The molecule has 0 spiro atoms. The van der Waals surface area contributed by atoms with Crippen LogP contribution in [0.5, 0.6) is 5.75 Å². The first-order valence-corrected chi connectivity index (χ1v) is 9.44. The number of benzene rings is 2. The van der Waals surface area contributed by atoms with Crippen molar-refractivity contribution in [2.45, 2.75) is 19.8 Å². The van der Waals surface area contributed by atoms with E-state index < -0.39 is 0 Å². The van der Waals surface area contributed by atoms with E-state index >= 15 is 0 Å². The molecule has 0 aliphatic carbocycles. The normalized spacial score (nSPS) is 10.9. The van der Waals surface area contributed by atoms with Crippen LogP contribution in [-0.2, 0) is 0 Å². The zero-order valence-electron chi connectivity index (χ0n) is 15.8. The van der Waals surface area contributed by atoms with Crippen LogP contribution in [0, 0.1) is 0 Å². The number of rotatable bonds is 7. The average molecular weight is 373 g/mol. The number of nitrogens with zero attached hydrogens (tertiary/aromatic N) is 3. The third kappa shape index (κ3) is 3.62. The number of aromatic nitrogens is 3. The maximum absolute atomic E-state index is 6.10. The van der Waals surface area contributed by atoms with Crippen molar-refractivity contribution in [3.8, 4) is 5.75 Å². The third-order valence-corrected chi connectivity index (χ3v) is 4.54. The third-order valence-electron chi connectivity index (χ3n) is 4.54. The van der Waals surface area contributed by atoms with E-state index in [1.807, 2.05) is 65.6 Å². The SMILES string of the molecule is CCCCOc1ccc(N(c2ccn[nH]2)c2nc(N)cc3ccccc23)cc1. The van der Waals surface area contributed by atoms with Gasteiger partial charge in [-0.25, -0.2) is 4.98 Å². The van der Waals surface area contributed by atoms with Gasteiger partial charge in [-0.05, 0) is 42.1 Å². The number of hydrogen-bond acceptors (Lipinski definition) is 5. The van der Waals surface area contributed by atoms with Gasteiger partial charge in [0.05, 0.1) is 12.8 Å². The van der Waals surface area contributed by atoms with E-state index in [4.69, 9.17) is 10.5 Å². The van der Waals surface area contributed by atoms with Crippen molar-refractivity contribution < 1.29 is 4.74 Å². The molecule has 0 aliphatic heterocycles. The Balaban J connectivity index is 1.78. The number of anilines is 4. The Morgan fingerprint density at radius 2 is 1.89 bits per heavy atom. The number of nitrogens with one attached hydrogen (secondary N) is 1. The Labute approximate surface area is 164 Å². The molecule has 28 heavy (non-hydrogen) atoms. The Morgan fingerprint density at radius 3 is 2.64 bits per heavy atom. The van der Waals surface area contributed by atoms with E-state index in [1.54, 1.807) is 6.20 Å². The van der Waals surface area contributed by atoms with Gasteiger partial charge in [0.1, 0.15) is 23.2 Å². The summed E-state index contributed by atoms with van der Waals surface area (Å²) >= 11 is 0. The van der Waals surface area contributed by atoms with Crippen molar-refractivity contribution in [1.82, 2.24) is 15.2 Å². The first-order chi connectivity index (χ1) is 13.8. The zero-order chi connectivity index (χ0) is 19.3. The molecule has 2 aromatic heterocycles. The lowest BCUT2D eigenvalue weighted by Gasteiger charge is -2.24. The van der Waals surface area contributed by atoms with Crippen LogP contribution >= 0.6 is 0 Å². The molecule has 6 heteroatoms. The Kier molecular flexibility index (Phi) is 5.10. The molecule has 0 aliphatic rings. The molecule has 0 unspecified atom stereocenters. The minimum atomic E-state index is 0.470. The van der Waals surface area contributed by atoms with Crippen LogP contribution in [0.15, 0.2) is 66.9 Å². The summed E-state index contributed by atoms with van der Waals surface area (Å²) in [7, 11) is 0. The van der Waals surface area contributed by atoms with Gasteiger partial charge in [-0.1, -0.05) is 37.6 Å². The molecule has 4 aromatic rings. The maximum atomic E-state index is 6.10. The lowest BCUT2D eigenvalue weighted by molar-refractivity contribution is 0.309. The summed E-state index contributed by atoms with van der Waals surface area (Å²) in [5.74, 6) is 2.88. The number of hydrogen-bond donors (Lipinski definition) is 2. The first-order valence-electron chi connectivity index (χ1n) is 9.44. The molecule has 0 fully saturated rings. The minimum absolute atomic E-state index is 0.470. The van der Waals surface area contributed by atoms with Gasteiger partial charge in [0.25, 0.3) is 0 Å². The number of aromatic amines is 1. The number of ether oxygens (including phenoxy) is 1. The predicted octanol–water partition coefficient (Wildman–Crippen LogP) is 5.19. The van der Waals surface area contributed by atoms with Crippen molar-refractivity contribution in [2.24, 2.45) is 0 Å². The van der Waals surface area contributed by atoms with E-state index in [0.717, 1.165) is 53.3 Å². The Bertz CT molecular complexity index is 1040. The van der Waals surface area contributed by atoms with Crippen LogP contribution < -0.4 is 15.4 Å². The van der Waals surface area contributed by atoms with Gasteiger partial charge in [-0.2, -0.15) is 5.10 Å². The van der Waals surface area contributed by atoms with Crippen LogP contribution in [0.1, 0.15) is 19.8 Å². The quantitative estimate of drug-likeness (QED) is 0.436. The molecule has 2 aromatic carbocycles. The van der Waals surface area contributed by atoms with Crippen molar-refractivity contribution in [3.63, 3.8) is 0 Å². The molecular formula is C22H23N5O. The zero-order valence-corrected chi connectivity index (χ0v) is 15.8. The van der Waals surface area contributed by atoms with Gasteiger partial charge in [0.2, 0.25) is 0 Å². The summed E-state index contributed by atoms with van der Waals surface area (Å²) in [5, 5.41) is 9.20. The number of nitrogen functional groups attached to an aromatic ring is 1. The van der Waals surface area contributed by atoms with Gasteiger partial charge in [-0.15, -0.1) is 0 Å². The molecule has 0 saturated heterocycles. The molecule has 2 heterocycles. The highest BCUT2D eigenvalue weighted by atomic mass is 16.5. The van der Waals surface area contributed by atoms with Crippen LogP contribution in [0.3, 0.4) is 0 Å². The van der Waals surface area contributed by atoms with E-state index in [1.165, 1.54) is 0 Å². The van der Waals surface area contributed by atoms with Gasteiger partial charge >= 0.3 is 0 Å². The lowest BCUT2D eigenvalue weighted by atomic mass is 10.1. The Morgan fingerprint density at radius 1 is 1.07 bits per heavy atom. The summed E-state index contributed by atoms with van der Waals surface area (Å²) in [5.41, 5.74) is 7.04. The second kappa shape index (κ2) is 8.00. The van der Waals surface area contributed by atoms with Crippen molar-refractivity contribution in [1.29, 1.82) is 0 Å². The van der Waals surface area contributed by atoms with Gasteiger partial charge < -0.3 is 10.5 Å². The predicted molar refractivity (Wildman–Crippen MR) is 113 cm³/mol. The topological polar surface area (TPSA) is 80.1 Å². The van der Waals surface area contributed by atoms with Crippen molar-refractivity contribution >= 4 is 33.9 Å². The number of H-pyrrole nitrogens is 1. The molecule has 0 saturated carbocycles. The number of unbranched alkanes of at least 4 members (excludes halogenated alkanes) is 1. The fourth-order valence-electron chi connectivity index (χ4n) is 3.15. The number of nitrogens with two attached hydrogens (primary N) is 1. The summed E-state index contributed by atoms with van der Waals surface area (Å²) in [6.07, 6.45) is 3.88.